The number of nitrogens with one attached hydrogen (secondary N) is 1. The molecule has 0 aliphatic rings. The van der Waals surface area contributed by atoms with Gasteiger partial charge in [-0.05, 0) is 37.3 Å². The number of ether oxygens (including phenoxy) is 1. The third-order valence-electron chi connectivity index (χ3n) is 4.19. The van der Waals surface area contributed by atoms with E-state index in [4.69, 9.17) is 16.3 Å². The first-order valence-electron chi connectivity index (χ1n) is 9.40. The van der Waals surface area contributed by atoms with Gasteiger partial charge in [0.25, 0.3) is 11.6 Å². The molecule has 0 bridgehead atoms. The maximum absolute atomic E-state index is 12.1. The minimum absolute atomic E-state index is 0.0266. The minimum Gasteiger partial charge on any atom is -0.455 e. The second kappa shape index (κ2) is 10.7. The first kappa shape index (κ1) is 23.2. The molecular formula is C20H18ClN5O5S. The molecule has 1 amide bonds. The molecule has 1 heterocycles. The second-order valence-electron chi connectivity index (χ2n) is 6.33. The Morgan fingerprint density at radius 1 is 1.19 bits per heavy atom. The summed E-state index contributed by atoms with van der Waals surface area (Å²) in [7, 11) is 0. The van der Waals surface area contributed by atoms with Crippen molar-refractivity contribution in [1.29, 1.82) is 0 Å². The molecule has 3 aromatic rings. The van der Waals surface area contributed by atoms with Gasteiger partial charge in [-0.1, -0.05) is 35.5 Å². The van der Waals surface area contributed by atoms with E-state index < -0.39 is 23.4 Å². The molecule has 0 unspecified atom stereocenters. The number of hydrogen-bond acceptors (Lipinski definition) is 8. The fraction of sp³-hybridized carbons (Fsp3) is 0.200. The molecule has 0 aliphatic carbocycles. The Morgan fingerprint density at radius 2 is 1.91 bits per heavy atom. The highest BCUT2D eigenvalue weighted by atomic mass is 35.5. The maximum atomic E-state index is 12.1. The van der Waals surface area contributed by atoms with Crippen LogP contribution in [0.4, 0.5) is 11.4 Å². The molecule has 166 valence electrons. The molecule has 2 aromatic carbocycles. The van der Waals surface area contributed by atoms with Gasteiger partial charge in [0.2, 0.25) is 0 Å². The summed E-state index contributed by atoms with van der Waals surface area (Å²) in [6.45, 7) is 1.95. The maximum Gasteiger partial charge on any atom is 0.316 e. The summed E-state index contributed by atoms with van der Waals surface area (Å²) in [6, 6.07) is 12.9. The monoisotopic (exact) mass is 475 g/mol. The van der Waals surface area contributed by atoms with Crippen LogP contribution in [0.3, 0.4) is 0 Å². The van der Waals surface area contributed by atoms with Crippen LogP contribution in [0, 0.1) is 10.1 Å². The van der Waals surface area contributed by atoms with Gasteiger partial charge in [-0.3, -0.25) is 19.7 Å². The second-order valence-corrected chi connectivity index (χ2v) is 7.71. The average molecular weight is 476 g/mol. The molecule has 0 saturated heterocycles. The molecule has 0 atom stereocenters. The normalized spacial score (nSPS) is 10.6. The van der Waals surface area contributed by atoms with E-state index in [1.165, 1.54) is 18.2 Å². The van der Waals surface area contributed by atoms with E-state index in [0.29, 0.717) is 22.5 Å². The number of anilines is 1. The van der Waals surface area contributed by atoms with Crippen molar-refractivity contribution in [3.63, 3.8) is 0 Å². The Bertz CT molecular complexity index is 1140. The number of amides is 1. The van der Waals surface area contributed by atoms with E-state index in [1.54, 1.807) is 18.2 Å². The van der Waals surface area contributed by atoms with Crippen LogP contribution in [0.15, 0.2) is 53.7 Å². The van der Waals surface area contributed by atoms with Gasteiger partial charge in [-0.25, -0.2) is 0 Å². The van der Waals surface area contributed by atoms with Crippen LogP contribution in [0.5, 0.6) is 0 Å². The zero-order valence-electron chi connectivity index (χ0n) is 16.9. The number of carbonyl (C=O) groups is 2. The van der Waals surface area contributed by atoms with Crippen LogP contribution < -0.4 is 5.32 Å². The Kier molecular flexibility index (Phi) is 7.79. The third kappa shape index (κ3) is 5.83. The Balaban J connectivity index is 1.54. The fourth-order valence-electron chi connectivity index (χ4n) is 2.73. The summed E-state index contributed by atoms with van der Waals surface area (Å²) in [6.07, 6.45) is 0. The lowest BCUT2D eigenvalue weighted by Gasteiger charge is -2.08. The van der Waals surface area contributed by atoms with E-state index >= 15 is 0 Å². The number of hydrogen-bond donors (Lipinski definition) is 1. The Hall–Kier alpha value is -3.44. The van der Waals surface area contributed by atoms with Crippen molar-refractivity contribution in [3.8, 4) is 11.4 Å². The van der Waals surface area contributed by atoms with Crippen LogP contribution in [0.1, 0.15) is 6.92 Å². The van der Waals surface area contributed by atoms with E-state index in [1.807, 2.05) is 23.6 Å². The number of rotatable bonds is 9. The van der Waals surface area contributed by atoms with Crippen LogP contribution in [-0.4, -0.2) is 43.9 Å². The molecule has 0 saturated carbocycles. The number of thioether (sulfide) groups is 1. The fourth-order valence-corrected chi connectivity index (χ4v) is 3.66. The summed E-state index contributed by atoms with van der Waals surface area (Å²) in [5, 5.41) is 22.8. The van der Waals surface area contributed by atoms with Crippen molar-refractivity contribution in [1.82, 2.24) is 14.8 Å². The van der Waals surface area contributed by atoms with Crippen LogP contribution in [0.2, 0.25) is 5.02 Å². The molecule has 10 nitrogen and oxygen atoms in total. The molecule has 0 fully saturated rings. The van der Waals surface area contributed by atoms with Gasteiger partial charge >= 0.3 is 5.97 Å². The highest BCUT2D eigenvalue weighted by Gasteiger charge is 2.17. The van der Waals surface area contributed by atoms with Crippen LogP contribution >= 0.6 is 23.4 Å². The van der Waals surface area contributed by atoms with Gasteiger partial charge < -0.3 is 14.6 Å². The molecule has 12 heteroatoms. The van der Waals surface area contributed by atoms with E-state index in [2.05, 4.69) is 15.5 Å². The first-order valence-corrected chi connectivity index (χ1v) is 10.8. The number of halogens is 1. The third-order valence-corrected chi connectivity index (χ3v) is 5.39. The van der Waals surface area contributed by atoms with Gasteiger partial charge in [0.1, 0.15) is 5.69 Å². The summed E-state index contributed by atoms with van der Waals surface area (Å²) >= 11 is 7.05. The molecule has 3 rings (SSSR count). The van der Waals surface area contributed by atoms with Crippen molar-refractivity contribution in [2.24, 2.45) is 0 Å². The molecule has 1 aromatic heterocycles. The zero-order chi connectivity index (χ0) is 23.1. The lowest BCUT2D eigenvalue weighted by Crippen LogP contribution is -2.22. The number of carbonyl (C=O) groups excluding carboxylic acids is 2. The summed E-state index contributed by atoms with van der Waals surface area (Å²) in [5.74, 6) is -0.757. The number of nitro groups is 1. The standard InChI is InChI=1S/C20H18ClN5O5S/c1-2-25-19(13-7-9-14(21)10-8-13)23-24-20(25)32-12-18(28)31-11-17(27)22-15-5-3-4-6-16(15)26(29)30/h3-10H,2,11-12H2,1H3,(H,22,27). The molecule has 32 heavy (non-hydrogen) atoms. The predicted molar refractivity (Wildman–Crippen MR) is 120 cm³/mol. The van der Waals surface area contributed by atoms with E-state index in [0.717, 1.165) is 17.3 Å². The number of para-hydroxylation sites is 2. The molecule has 0 spiro atoms. The lowest BCUT2D eigenvalue weighted by atomic mass is 10.2. The van der Waals surface area contributed by atoms with Crippen molar-refractivity contribution >= 4 is 46.6 Å². The quantitative estimate of drug-likeness (QED) is 0.214. The first-order chi connectivity index (χ1) is 15.4. The predicted octanol–water partition coefficient (Wildman–Crippen LogP) is 3.80. The SMILES string of the molecule is CCn1c(SCC(=O)OCC(=O)Nc2ccccc2[N+](=O)[O-])nnc1-c1ccc(Cl)cc1. The van der Waals surface area contributed by atoms with Gasteiger partial charge in [-0.15, -0.1) is 10.2 Å². The van der Waals surface area contributed by atoms with Crippen molar-refractivity contribution < 1.29 is 19.2 Å². The highest BCUT2D eigenvalue weighted by Crippen LogP contribution is 2.25. The summed E-state index contributed by atoms with van der Waals surface area (Å²) < 4.78 is 6.81. The smallest absolute Gasteiger partial charge is 0.316 e. The van der Waals surface area contributed by atoms with Gasteiger partial charge in [0.05, 0.1) is 10.7 Å². The molecule has 1 N–H and O–H groups in total. The van der Waals surface area contributed by atoms with E-state index in [-0.39, 0.29) is 17.1 Å². The van der Waals surface area contributed by atoms with Gasteiger partial charge in [0.15, 0.2) is 17.6 Å². The lowest BCUT2D eigenvalue weighted by molar-refractivity contribution is -0.383. The molecular weight excluding hydrogens is 458 g/mol. The molecule has 0 radical (unpaired) electrons. The number of nitrogens with zero attached hydrogens (tertiary/aromatic N) is 4. The molecule has 0 aliphatic heterocycles. The van der Waals surface area contributed by atoms with Crippen LogP contribution in [0.25, 0.3) is 11.4 Å². The zero-order valence-corrected chi connectivity index (χ0v) is 18.4. The highest BCUT2D eigenvalue weighted by molar-refractivity contribution is 7.99. The Morgan fingerprint density at radius 3 is 2.59 bits per heavy atom. The number of aromatic nitrogens is 3. The minimum atomic E-state index is -0.681. The Labute approximate surface area is 192 Å². The average Bonchev–Trinajstić information content (AvgIpc) is 3.20. The summed E-state index contributed by atoms with van der Waals surface area (Å²) in [5.41, 5.74) is 0.613. The van der Waals surface area contributed by atoms with Crippen molar-refractivity contribution in [2.45, 2.75) is 18.6 Å². The number of benzene rings is 2. The summed E-state index contributed by atoms with van der Waals surface area (Å²) in [4.78, 5) is 34.4. The number of nitro benzene ring substituents is 1. The van der Waals surface area contributed by atoms with Gasteiger partial charge in [-0.2, -0.15) is 0 Å². The van der Waals surface area contributed by atoms with Crippen molar-refractivity contribution in [2.75, 3.05) is 17.7 Å². The van der Waals surface area contributed by atoms with Crippen molar-refractivity contribution in [3.05, 3.63) is 63.7 Å². The number of esters is 1. The van der Waals surface area contributed by atoms with E-state index in [9.17, 15) is 19.7 Å². The topological polar surface area (TPSA) is 129 Å². The van der Waals surface area contributed by atoms with Crippen LogP contribution in [-0.2, 0) is 20.9 Å². The van der Waals surface area contributed by atoms with Gasteiger partial charge in [0, 0.05) is 23.2 Å². The largest absolute Gasteiger partial charge is 0.455 e.